The van der Waals surface area contributed by atoms with Gasteiger partial charge in [-0.3, -0.25) is 0 Å². The Balaban J connectivity index is 2.26. The van der Waals surface area contributed by atoms with E-state index < -0.39 is 0 Å². The number of pyridine rings is 1. The van der Waals surface area contributed by atoms with E-state index in [1.807, 2.05) is 31.2 Å². The fourth-order valence-corrected chi connectivity index (χ4v) is 1.53. The molecule has 0 amide bonds. The fraction of sp³-hybridized carbons (Fsp3) is 0.0833. The van der Waals surface area contributed by atoms with Crippen molar-refractivity contribution in [2.45, 2.75) is 6.92 Å². The minimum atomic E-state index is 0.501. The van der Waals surface area contributed by atoms with Crippen molar-refractivity contribution in [3.8, 4) is 0 Å². The number of nitrogens with zero attached hydrogens (tertiary/aromatic N) is 1. The number of anilines is 3. The number of aryl methyl sites for hydroxylation is 1. The summed E-state index contributed by atoms with van der Waals surface area (Å²) in [6.07, 6.45) is 1.67. The first-order chi connectivity index (χ1) is 7.65. The number of nitrogens with one attached hydrogen (secondary N) is 1. The molecule has 3 nitrogen and oxygen atoms in total. The van der Waals surface area contributed by atoms with Crippen LogP contribution in [0.1, 0.15) is 5.56 Å². The topological polar surface area (TPSA) is 50.9 Å². The smallest absolute Gasteiger partial charge is 0.123 e. The maximum Gasteiger partial charge on any atom is 0.123 e. The number of hydrogen-bond acceptors (Lipinski definition) is 3. The van der Waals surface area contributed by atoms with Crippen LogP contribution < -0.4 is 11.1 Å². The first kappa shape index (κ1) is 10.8. The van der Waals surface area contributed by atoms with E-state index in [0.29, 0.717) is 10.8 Å². The van der Waals surface area contributed by atoms with Crippen molar-refractivity contribution in [3.63, 3.8) is 0 Å². The van der Waals surface area contributed by atoms with Gasteiger partial charge < -0.3 is 11.1 Å². The Labute approximate surface area is 99.3 Å². The highest BCUT2D eigenvalue weighted by atomic mass is 35.5. The van der Waals surface area contributed by atoms with E-state index in [1.54, 1.807) is 12.3 Å². The predicted octanol–water partition coefficient (Wildman–Crippen LogP) is 3.37. The molecule has 1 aromatic heterocycles. The summed E-state index contributed by atoms with van der Waals surface area (Å²) in [5, 5.41) is 3.87. The predicted molar refractivity (Wildman–Crippen MR) is 68.1 cm³/mol. The Morgan fingerprint density at radius 3 is 2.75 bits per heavy atom. The lowest BCUT2D eigenvalue weighted by atomic mass is 10.2. The molecule has 0 aliphatic carbocycles. The zero-order valence-corrected chi connectivity index (χ0v) is 9.62. The van der Waals surface area contributed by atoms with Crippen LogP contribution in [0, 0.1) is 6.92 Å². The number of nitrogen functional groups attached to an aromatic ring is 1. The summed E-state index contributed by atoms with van der Waals surface area (Å²) in [7, 11) is 0. The molecule has 0 atom stereocenters. The van der Waals surface area contributed by atoms with Gasteiger partial charge >= 0.3 is 0 Å². The van der Waals surface area contributed by atoms with Crippen LogP contribution in [-0.2, 0) is 0 Å². The summed E-state index contributed by atoms with van der Waals surface area (Å²) < 4.78 is 0. The molecule has 3 N–H and O–H groups in total. The maximum atomic E-state index is 6.07. The molecule has 0 spiro atoms. The highest BCUT2D eigenvalue weighted by molar-refractivity contribution is 6.33. The zero-order chi connectivity index (χ0) is 11.5. The highest BCUT2D eigenvalue weighted by Crippen LogP contribution is 2.26. The van der Waals surface area contributed by atoms with Crippen molar-refractivity contribution < 1.29 is 0 Å². The summed E-state index contributed by atoms with van der Waals surface area (Å²) in [6, 6.07) is 9.42. The quantitative estimate of drug-likeness (QED) is 0.836. The number of benzene rings is 1. The van der Waals surface area contributed by atoms with Crippen molar-refractivity contribution in [1.29, 1.82) is 0 Å². The molecular weight excluding hydrogens is 222 g/mol. The van der Waals surface area contributed by atoms with Gasteiger partial charge in [-0.15, -0.1) is 0 Å². The molecule has 2 rings (SSSR count). The number of rotatable bonds is 2. The van der Waals surface area contributed by atoms with Gasteiger partial charge in [-0.1, -0.05) is 17.7 Å². The standard InChI is InChI=1S/C12H12ClN3/c1-8-2-4-10(13)11(6-8)16-9-3-5-12(14)15-7-9/h2-7,16H,1H3,(H2,14,15). The molecule has 1 aromatic carbocycles. The van der Waals surface area contributed by atoms with E-state index in [2.05, 4.69) is 10.3 Å². The van der Waals surface area contributed by atoms with Crippen molar-refractivity contribution in [2.24, 2.45) is 0 Å². The summed E-state index contributed by atoms with van der Waals surface area (Å²) >= 11 is 6.07. The van der Waals surface area contributed by atoms with Gasteiger partial charge in [-0.05, 0) is 36.8 Å². The monoisotopic (exact) mass is 233 g/mol. The van der Waals surface area contributed by atoms with Gasteiger partial charge in [0.05, 0.1) is 22.6 Å². The molecule has 16 heavy (non-hydrogen) atoms. The maximum absolute atomic E-state index is 6.07. The number of hydrogen-bond donors (Lipinski definition) is 2. The second-order valence-electron chi connectivity index (χ2n) is 3.58. The van der Waals surface area contributed by atoms with E-state index in [4.69, 9.17) is 17.3 Å². The summed E-state index contributed by atoms with van der Waals surface area (Å²) in [5.74, 6) is 0.501. The largest absolute Gasteiger partial charge is 0.384 e. The van der Waals surface area contributed by atoms with Gasteiger partial charge in [0.25, 0.3) is 0 Å². The molecule has 0 aliphatic heterocycles. The Bertz CT molecular complexity index is 494. The molecule has 0 unspecified atom stereocenters. The normalized spacial score (nSPS) is 10.1. The van der Waals surface area contributed by atoms with Crippen LogP contribution >= 0.6 is 11.6 Å². The first-order valence-corrected chi connectivity index (χ1v) is 5.27. The SMILES string of the molecule is Cc1ccc(Cl)c(Nc2ccc(N)nc2)c1. The van der Waals surface area contributed by atoms with E-state index >= 15 is 0 Å². The zero-order valence-electron chi connectivity index (χ0n) is 8.87. The molecule has 2 aromatic rings. The second kappa shape index (κ2) is 4.41. The van der Waals surface area contributed by atoms with E-state index in [1.165, 1.54) is 0 Å². The van der Waals surface area contributed by atoms with E-state index in [9.17, 15) is 0 Å². The lowest BCUT2D eigenvalue weighted by Crippen LogP contribution is -1.94. The van der Waals surface area contributed by atoms with E-state index in [-0.39, 0.29) is 0 Å². The van der Waals surface area contributed by atoms with Gasteiger partial charge in [0, 0.05) is 0 Å². The molecule has 0 bridgehead atoms. The second-order valence-corrected chi connectivity index (χ2v) is 3.99. The minimum absolute atomic E-state index is 0.501. The van der Waals surface area contributed by atoms with Crippen molar-refractivity contribution in [2.75, 3.05) is 11.1 Å². The molecule has 0 radical (unpaired) electrons. The average Bonchev–Trinajstić information content (AvgIpc) is 2.27. The molecular formula is C12H12ClN3. The van der Waals surface area contributed by atoms with Crippen LogP contribution in [0.2, 0.25) is 5.02 Å². The third kappa shape index (κ3) is 2.44. The summed E-state index contributed by atoms with van der Waals surface area (Å²) in [4.78, 5) is 4.00. The Kier molecular flexibility index (Phi) is 2.97. The Morgan fingerprint density at radius 2 is 2.06 bits per heavy atom. The van der Waals surface area contributed by atoms with Crippen molar-refractivity contribution in [1.82, 2.24) is 4.98 Å². The van der Waals surface area contributed by atoms with Crippen LogP contribution in [0.15, 0.2) is 36.5 Å². The van der Waals surface area contributed by atoms with Crippen molar-refractivity contribution in [3.05, 3.63) is 47.1 Å². The fourth-order valence-electron chi connectivity index (χ4n) is 1.37. The summed E-state index contributed by atoms with van der Waals surface area (Å²) in [5.41, 5.74) is 8.39. The molecule has 82 valence electrons. The van der Waals surface area contributed by atoms with Gasteiger partial charge in [-0.2, -0.15) is 0 Å². The highest BCUT2D eigenvalue weighted by Gasteiger charge is 2.01. The molecule has 0 fully saturated rings. The van der Waals surface area contributed by atoms with Crippen LogP contribution in [0.25, 0.3) is 0 Å². The first-order valence-electron chi connectivity index (χ1n) is 4.90. The molecule has 0 saturated heterocycles. The van der Waals surface area contributed by atoms with Gasteiger partial charge in [0.2, 0.25) is 0 Å². The van der Waals surface area contributed by atoms with Crippen LogP contribution in [0.5, 0.6) is 0 Å². The number of halogens is 1. The Hall–Kier alpha value is -1.74. The lowest BCUT2D eigenvalue weighted by Gasteiger charge is -2.08. The Morgan fingerprint density at radius 1 is 1.25 bits per heavy atom. The van der Waals surface area contributed by atoms with Crippen LogP contribution in [0.3, 0.4) is 0 Å². The van der Waals surface area contributed by atoms with Crippen molar-refractivity contribution >= 4 is 28.8 Å². The third-order valence-corrected chi connectivity index (χ3v) is 2.52. The van der Waals surface area contributed by atoms with Gasteiger partial charge in [0.1, 0.15) is 5.82 Å². The van der Waals surface area contributed by atoms with Crippen LogP contribution in [0.4, 0.5) is 17.2 Å². The molecule has 4 heteroatoms. The number of nitrogens with two attached hydrogens (primary N) is 1. The molecule has 1 heterocycles. The number of aromatic nitrogens is 1. The lowest BCUT2D eigenvalue weighted by molar-refractivity contribution is 1.33. The summed E-state index contributed by atoms with van der Waals surface area (Å²) in [6.45, 7) is 2.02. The minimum Gasteiger partial charge on any atom is -0.384 e. The average molecular weight is 234 g/mol. The third-order valence-electron chi connectivity index (χ3n) is 2.19. The van der Waals surface area contributed by atoms with Crippen LogP contribution in [-0.4, -0.2) is 4.98 Å². The van der Waals surface area contributed by atoms with Gasteiger partial charge in [0.15, 0.2) is 0 Å². The van der Waals surface area contributed by atoms with Gasteiger partial charge in [-0.25, -0.2) is 4.98 Å². The molecule has 0 aliphatic rings. The molecule has 0 saturated carbocycles. The van der Waals surface area contributed by atoms with E-state index in [0.717, 1.165) is 16.9 Å².